The number of carbonyl (C=O) groups excluding carboxylic acids is 2. The summed E-state index contributed by atoms with van der Waals surface area (Å²) in [4.78, 5) is 39.5. The first-order chi connectivity index (χ1) is 14.9. The zero-order valence-corrected chi connectivity index (χ0v) is 18.9. The third kappa shape index (κ3) is 4.46. The third-order valence-corrected chi connectivity index (χ3v) is 7.20. The lowest BCUT2D eigenvalue weighted by atomic mass is 9.61. The highest BCUT2D eigenvalue weighted by Gasteiger charge is 2.54. The van der Waals surface area contributed by atoms with E-state index in [9.17, 15) is 9.59 Å². The van der Waals surface area contributed by atoms with Crippen molar-refractivity contribution in [2.45, 2.75) is 52.5 Å². The van der Waals surface area contributed by atoms with Gasteiger partial charge in [0.1, 0.15) is 11.5 Å². The first-order valence-corrected chi connectivity index (χ1v) is 11.5. The summed E-state index contributed by atoms with van der Waals surface area (Å²) in [6.07, 6.45) is 3.49. The zero-order chi connectivity index (χ0) is 22.0. The molecule has 8 nitrogen and oxygen atoms in total. The van der Waals surface area contributed by atoms with Gasteiger partial charge in [-0.2, -0.15) is 0 Å². The second-order valence-electron chi connectivity index (χ2n) is 9.11. The summed E-state index contributed by atoms with van der Waals surface area (Å²) in [7, 11) is 0. The van der Waals surface area contributed by atoms with Crippen LogP contribution in [-0.4, -0.2) is 83.7 Å². The lowest BCUT2D eigenvalue weighted by Crippen LogP contribution is -2.59. The summed E-state index contributed by atoms with van der Waals surface area (Å²) in [5.41, 5.74) is 0.561. The van der Waals surface area contributed by atoms with Gasteiger partial charge in [0.05, 0.1) is 25.2 Å². The SMILES string of the molecule is CCOC(=O)[C@@]12CC[C@H](N3CCOCC3)C[C@H]1CCN(C(=O)c1cc(C)nc(C)n1)C2. The average molecular weight is 431 g/mol. The first kappa shape index (κ1) is 22.1. The standard InChI is InChI=1S/C23H34N4O4/c1-4-31-22(29)23-7-5-19(26-9-11-30-12-10-26)14-18(23)6-8-27(15-23)21(28)20-13-16(2)24-17(3)25-20/h13,18-19H,4-12,14-15H2,1-3H3/t18-,19+,23-/m1/s1. The highest BCUT2D eigenvalue weighted by atomic mass is 16.5. The van der Waals surface area contributed by atoms with Crippen LogP contribution in [0.2, 0.25) is 0 Å². The Kier molecular flexibility index (Phi) is 6.57. The normalized spacial score (nSPS) is 29.3. The van der Waals surface area contributed by atoms with Gasteiger partial charge in [-0.15, -0.1) is 0 Å². The predicted molar refractivity (Wildman–Crippen MR) is 115 cm³/mol. The fraction of sp³-hybridized carbons (Fsp3) is 0.739. The van der Waals surface area contributed by atoms with E-state index >= 15 is 0 Å². The van der Waals surface area contributed by atoms with Gasteiger partial charge in [0, 0.05) is 37.9 Å². The molecule has 0 aromatic carbocycles. The second-order valence-corrected chi connectivity index (χ2v) is 9.11. The molecule has 1 aromatic heterocycles. The van der Waals surface area contributed by atoms with Crippen LogP contribution in [-0.2, 0) is 14.3 Å². The molecule has 0 unspecified atom stereocenters. The third-order valence-electron chi connectivity index (χ3n) is 7.20. The molecule has 0 N–H and O–H groups in total. The number of hydrogen-bond donors (Lipinski definition) is 0. The summed E-state index contributed by atoms with van der Waals surface area (Å²) in [6, 6.07) is 2.21. The van der Waals surface area contributed by atoms with Crippen LogP contribution in [0.25, 0.3) is 0 Å². The number of piperidine rings is 1. The number of likely N-dealkylation sites (tertiary alicyclic amines) is 1. The molecule has 170 valence electrons. The number of ether oxygens (including phenoxy) is 2. The zero-order valence-electron chi connectivity index (χ0n) is 18.9. The number of carbonyl (C=O) groups is 2. The maximum absolute atomic E-state index is 13.3. The van der Waals surface area contributed by atoms with E-state index in [1.165, 1.54) is 0 Å². The van der Waals surface area contributed by atoms with Crippen molar-refractivity contribution in [2.75, 3.05) is 46.0 Å². The van der Waals surface area contributed by atoms with E-state index < -0.39 is 5.41 Å². The van der Waals surface area contributed by atoms with Gasteiger partial charge in [-0.25, -0.2) is 9.97 Å². The Balaban J connectivity index is 1.54. The Morgan fingerprint density at radius 3 is 2.68 bits per heavy atom. The second kappa shape index (κ2) is 9.20. The van der Waals surface area contributed by atoms with E-state index in [1.807, 2.05) is 18.7 Å². The minimum atomic E-state index is -0.621. The molecule has 3 aliphatic rings. The van der Waals surface area contributed by atoms with Crippen molar-refractivity contribution in [1.82, 2.24) is 19.8 Å². The fourth-order valence-corrected chi connectivity index (χ4v) is 5.68. The Morgan fingerprint density at radius 2 is 1.97 bits per heavy atom. The maximum atomic E-state index is 13.3. The van der Waals surface area contributed by atoms with Gasteiger partial charge in [-0.05, 0) is 58.4 Å². The minimum absolute atomic E-state index is 0.119. The van der Waals surface area contributed by atoms with Crippen molar-refractivity contribution in [3.63, 3.8) is 0 Å². The van der Waals surface area contributed by atoms with Crippen LogP contribution in [0.3, 0.4) is 0 Å². The summed E-state index contributed by atoms with van der Waals surface area (Å²) < 4.78 is 11.1. The average Bonchev–Trinajstić information content (AvgIpc) is 2.78. The molecule has 2 aliphatic heterocycles. The topological polar surface area (TPSA) is 84.9 Å². The number of amides is 1. The van der Waals surface area contributed by atoms with Crippen molar-refractivity contribution in [1.29, 1.82) is 0 Å². The molecule has 1 aromatic rings. The lowest BCUT2D eigenvalue weighted by molar-refractivity contribution is -0.168. The molecule has 3 fully saturated rings. The number of rotatable bonds is 4. The number of esters is 1. The molecule has 0 radical (unpaired) electrons. The predicted octanol–water partition coefficient (Wildman–Crippen LogP) is 1.99. The summed E-state index contributed by atoms with van der Waals surface area (Å²) in [6.45, 7) is 10.4. The molecule has 1 saturated carbocycles. The molecular weight excluding hydrogens is 396 g/mol. The highest BCUT2D eigenvalue weighted by Crippen LogP contribution is 2.48. The molecule has 0 bridgehead atoms. The fourth-order valence-electron chi connectivity index (χ4n) is 5.68. The van der Waals surface area contributed by atoms with E-state index in [2.05, 4.69) is 14.9 Å². The number of aryl methyl sites for hydroxylation is 2. The molecule has 1 amide bonds. The Bertz CT molecular complexity index is 806. The molecule has 31 heavy (non-hydrogen) atoms. The molecule has 8 heteroatoms. The van der Waals surface area contributed by atoms with Gasteiger partial charge in [-0.3, -0.25) is 14.5 Å². The van der Waals surface area contributed by atoms with E-state index in [4.69, 9.17) is 9.47 Å². The van der Waals surface area contributed by atoms with E-state index in [0.29, 0.717) is 37.3 Å². The Labute approximate surface area is 184 Å². The van der Waals surface area contributed by atoms with E-state index in [0.717, 1.165) is 57.7 Å². The van der Waals surface area contributed by atoms with Crippen LogP contribution < -0.4 is 0 Å². The van der Waals surface area contributed by atoms with Crippen LogP contribution in [0, 0.1) is 25.2 Å². The van der Waals surface area contributed by atoms with E-state index in [-0.39, 0.29) is 17.8 Å². The largest absolute Gasteiger partial charge is 0.466 e. The van der Waals surface area contributed by atoms with Gasteiger partial charge in [0.25, 0.3) is 5.91 Å². The van der Waals surface area contributed by atoms with Crippen molar-refractivity contribution in [3.05, 3.63) is 23.3 Å². The van der Waals surface area contributed by atoms with Gasteiger partial charge in [-0.1, -0.05) is 0 Å². The van der Waals surface area contributed by atoms with Crippen LogP contribution in [0.15, 0.2) is 6.07 Å². The molecular formula is C23H34N4O4. The Morgan fingerprint density at radius 1 is 1.19 bits per heavy atom. The quantitative estimate of drug-likeness (QED) is 0.676. The Hall–Kier alpha value is -2.06. The molecule has 3 heterocycles. The lowest BCUT2D eigenvalue weighted by Gasteiger charge is -2.52. The number of hydrogen-bond acceptors (Lipinski definition) is 7. The molecule has 2 saturated heterocycles. The smallest absolute Gasteiger partial charge is 0.314 e. The van der Waals surface area contributed by atoms with Gasteiger partial charge >= 0.3 is 5.97 Å². The van der Waals surface area contributed by atoms with Crippen molar-refractivity contribution >= 4 is 11.9 Å². The molecule has 4 rings (SSSR count). The van der Waals surface area contributed by atoms with Crippen LogP contribution in [0.5, 0.6) is 0 Å². The summed E-state index contributed by atoms with van der Waals surface area (Å²) in [5, 5.41) is 0. The summed E-state index contributed by atoms with van der Waals surface area (Å²) >= 11 is 0. The van der Waals surface area contributed by atoms with Crippen molar-refractivity contribution in [2.24, 2.45) is 11.3 Å². The molecule has 3 atom stereocenters. The number of fused-ring (bicyclic) bond motifs is 1. The van der Waals surface area contributed by atoms with Crippen LogP contribution >= 0.6 is 0 Å². The van der Waals surface area contributed by atoms with Gasteiger partial charge in [0.2, 0.25) is 0 Å². The number of morpholine rings is 1. The monoisotopic (exact) mass is 430 g/mol. The van der Waals surface area contributed by atoms with Crippen molar-refractivity contribution < 1.29 is 19.1 Å². The number of nitrogens with zero attached hydrogens (tertiary/aromatic N) is 4. The van der Waals surface area contributed by atoms with Gasteiger partial charge < -0.3 is 14.4 Å². The van der Waals surface area contributed by atoms with E-state index in [1.54, 1.807) is 13.0 Å². The first-order valence-electron chi connectivity index (χ1n) is 11.5. The highest BCUT2D eigenvalue weighted by molar-refractivity contribution is 5.93. The van der Waals surface area contributed by atoms with Crippen LogP contribution in [0.1, 0.15) is 54.6 Å². The van der Waals surface area contributed by atoms with Gasteiger partial charge in [0.15, 0.2) is 0 Å². The molecule has 0 spiro atoms. The maximum Gasteiger partial charge on any atom is 0.314 e. The van der Waals surface area contributed by atoms with Crippen molar-refractivity contribution in [3.8, 4) is 0 Å². The number of aromatic nitrogens is 2. The molecule has 1 aliphatic carbocycles. The minimum Gasteiger partial charge on any atom is -0.466 e. The summed E-state index contributed by atoms with van der Waals surface area (Å²) in [5.74, 6) is 0.550. The van der Waals surface area contributed by atoms with Crippen LogP contribution in [0.4, 0.5) is 0 Å².